The summed E-state index contributed by atoms with van der Waals surface area (Å²) in [6.45, 7) is 0. The number of halogens is 2. The van der Waals surface area contributed by atoms with Gasteiger partial charge in [-0.05, 0) is 46.4 Å². The second-order valence-electron chi connectivity index (χ2n) is 3.29. The fourth-order valence-corrected chi connectivity index (χ4v) is 2.79. The van der Waals surface area contributed by atoms with Crippen LogP contribution >= 0.6 is 44.1 Å². The van der Waals surface area contributed by atoms with Crippen molar-refractivity contribution in [1.29, 1.82) is 0 Å². The molecular formula is C10H6Br2N2O2S. The average Bonchev–Trinajstić information content (AvgIpc) is 2.53. The van der Waals surface area contributed by atoms with Crippen molar-refractivity contribution in [2.45, 2.75) is 0 Å². The predicted molar refractivity (Wildman–Crippen MR) is 75.4 cm³/mol. The monoisotopic (exact) mass is 376 g/mol. The van der Waals surface area contributed by atoms with Crippen molar-refractivity contribution in [2.75, 3.05) is 0 Å². The SMILES string of the molecule is O=C1NC(=S)N/C1=C/c1cc(Br)cc(Br)c1O. The van der Waals surface area contributed by atoms with E-state index < -0.39 is 0 Å². The quantitative estimate of drug-likeness (QED) is 0.519. The highest BCUT2D eigenvalue weighted by Crippen LogP contribution is 2.33. The Morgan fingerprint density at radius 1 is 1.29 bits per heavy atom. The summed E-state index contributed by atoms with van der Waals surface area (Å²) in [5.74, 6) is -0.251. The molecule has 0 spiro atoms. The summed E-state index contributed by atoms with van der Waals surface area (Å²) in [5.41, 5.74) is 0.809. The third kappa shape index (κ3) is 2.67. The summed E-state index contributed by atoms with van der Waals surface area (Å²) in [7, 11) is 0. The third-order valence-electron chi connectivity index (χ3n) is 2.08. The first-order valence-electron chi connectivity index (χ1n) is 4.49. The predicted octanol–water partition coefficient (Wildman–Crippen LogP) is 2.26. The number of benzene rings is 1. The van der Waals surface area contributed by atoms with E-state index >= 15 is 0 Å². The van der Waals surface area contributed by atoms with Gasteiger partial charge in [0.05, 0.1) is 4.47 Å². The van der Waals surface area contributed by atoms with Gasteiger partial charge in [0.25, 0.3) is 5.91 Å². The molecule has 88 valence electrons. The molecular weight excluding hydrogens is 372 g/mol. The minimum absolute atomic E-state index is 0.0631. The van der Waals surface area contributed by atoms with Gasteiger partial charge >= 0.3 is 0 Å². The van der Waals surface area contributed by atoms with Gasteiger partial charge in [-0.1, -0.05) is 15.9 Å². The lowest BCUT2D eigenvalue weighted by Gasteiger charge is -2.04. The van der Waals surface area contributed by atoms with Gasteiger partial charge in [0.2, 0.25) is 0 Å². The van der Waals surface area contributed by atoms with E-state index in [1.54, 1.807) is 12.1 Å². The fourth-order valence-electron chi connectivity index (χ4n) is 1.33. The van der Waals surface area contributed by atoms with Gasteiger partial charge in [0, 0.05) is 10.0 Å². The zero-order valence-electron chi connectivity index (χ0n) is 8.25. The molecule has 1 aromatic carbocycles. The van der Waals surface area contributed by atoms with Crippen LogP contribution in [0.2, 0.25) is 0 Å². The molecule has 1 heterocycles. The Hall–Kier alpha value is -0.920. The highest BCUT2D eigenvalue weighted by Gasteiger charge is 2.20. The van der Waals surface area contributed by atoms with Gasteiger partial charge < -0.3 is 10.4 Å². The van der Waals surface area contributed by atoms with Crippen LogP contribution in [0.5, 0.6) is 5.75 Å². The number of nitrogens with one attached hydrogen (secondary N) is 2. The van der Waals surface area contributed by atoms with Crippen LogP contribution < -0.4 is 10.6 Å². The van der Waals surface area contributed by atoms with Crippen LogP contribution in [0.1, 0.15) is 5.56 Å². The number of carbonyl (C=O) groups excluding carboxylic acids is 1. The lowest BCUT2D eigenvalue weighted by molar-refractivity contribution is -0.115. The van der Waals surface area contributed by atoms with Crippen molar-refractivity contribution in [3.63, 3.8) is 0 Å². The lowest BCUT2D eigenvalue weighted by atomic mass is 10.1. The highest BCUT2D eigenvalue weighted by atomic mass is 79.9. The molecule has 0 bridgehead atoms. The van der Waals surface area contributed by atoms with E-state index in [9.17, 15) is 9.90 Å². The molecule has 0 radical (unpaired) electrons. The molecule has 17 heavy (non-hydrogen) atoms. The number of amides is 1. The second kappa shape index (κ2) is 4.75. The van der Waals surface area contributed by atoms with Crippen molar-refractivity contribution in [3.05, 3.63) is 32.3 Å². The zero-order valence-corrected chi connectivity index (χ0v) is 12.2. The Kier molecular flexibility index (Phi) is 3.50. The largest absolute Gasteiger partial charge is 0.506 e. The van der Waals surface area contributed by atoms with Crippen LogP contribution in [0.15, 0.2) is 26.8 Å². The van der Waals surface area contributed by atoms with E-state index in [4.69, 9.17) is 12.2 Å². The van der Waals surface area contributed by atoms with Crippen LogP contribution in [-0.4, -0.2) is 16.1 Å². The van der Waals surface area contributed by atoms with E-state index in [-0.39, 0.29) is 16.8 Å². The molecule has 2 rings (SSSR count). The number of phenolic OH excluding ortho intramolecular Hbond substituents is 1. The second-order valence-corrected chi connectivity index (χ2v) is 5.47. The first kappa shape index (κ1) is 12.5. The average molecular weight is 378 g/mol. The molecule has 3 N–H and O–H groups in total. The zero-order chi connectivity index (χ0) is 12.6. The van der Waals surface area contributed by atoms with Gasteiger partial charge in [0.15, 0.2) is 5.11 Å². The normalized spacial score (nSPS) is 17.2. The highest BCUT2D eigenvalue weighted by molar-refractivity contribution is 9.11. The third-order valence-corrected chi connectivity index (χ3v) is 3.34. The molecule has 0 unspecified atom stereocenters. The number of carbonyl (C=O) groups is 1. The molecule has 1 aliphatic heterocycles. The maximum atomic E-state index is 11.4. The first-order chi connectivity index (χ1) is 7.97. The van der Waals surface area contributed by atoms with Crippen LogP contribution in [-0.2, 0) is 4.79 Å². The van der Waals surface area contributed by atoms with Crippen LogP contribution in [0.4, 0.5) is 0 Å². The van der Waals surface area contributed by atoms with E-state index in [2.05, 4.69) is 42.5 Å². The Morgan fingerprint density at radius 3 is 2.59 bits per heavy atom. The summed E-state index contributed by atoms with van der Waals surface area (Å²) in [5, 5.41) is 15.2. The summed E-state index contributed by atoms with van der Waals surface area (Å²) >= 11 is 11.3. The number of thiocarbonyl (C=S) groups is 1. The molecule has 1 aliphatic rings. The standard InChI is InChI=1S/C10H6Br2N2O2S/c11-5-1-4(8(15)6(12)3-5)2-7-9(16)14-10(17)13-7/h1-3,15H,(H2,13,14,16,17)/b7-2+. The molecule has 4 nitrogen and oxygen atoms in total. The molecule has 1 amide bonds. The topological polar surface area (TPSA) is 61.4 Å². The van der Waals surface area contributed by atoms with E-state index in [1.165, 1.54) is 6.08 Å². The van der Waals surface area contributed by atoms with Crippen LogP contribution in [0.3, 0.4) is 0 Å². The Morgan fingerprint density at radius 2 is 2.00 bits per heavy atom. The molecule has 0 aliphatic carbocycles. The lowest BCUT2D eigenvalue weighted by Crippen LogP contribution is -2.21. The Bertz CT molecular complexity index is 557. The van der Waals surface area contributed by atoms with Crippen molar-refractivity contribution in [2.24, 2.45) is 0 Å². The summed E-state index contributed by atoms with van der Waals surface area (Å²) in [6, 6.07) is 3.41. The van der Waals surface area contributed by atoms with Crippen molar-refractivity contribution < 1.29 is 9.90 Å². The van der Waals surface area contributed by atoms with Crippen LogP contribution in [0.25, 0.3) is 6.08 Å². The van der Waals surface area contributed by atoms with Crippen molar-refractivity contribution >= 4 is 61.2 Å². The number of aromatic hydroxyl groups is 1. The van der Waals surface area contributed by atoms with Crippen molar-refractivity contribution in [1.82, 2.24) is 10.6 Å². The smallest absolute Gasteiger partial charge is 0.273 e. The number of hydrogen-bond donors (Lipinski definition) is 3. The van der Waals surface area contributed by atoms with Gasteiger partial charge in [-0.2, -0.15) is 0 Å². The number of hydrogen-bond acceptors (Lipinski definition) is 3. The molecule has 1 aromatic rings. The van der Waals surface area contributed by atoms with Crippen LogP contribution in [0, 0.1) is 0 Å². The summed E-state index contributed by atoms with van der Waals surface area (Å²) in [6.07, 6.45) is 1.53. The van der Waals surface area contributed by atoms with Gasteiger partial charge in [-0.3, -0.25) is 10.1 Å². The number of phenols is 1. The molecule has 1 saturated heterocycles. The minimum Gasteiger partial charge on any atom is -0.506 e. The molecule has 0 saturated carbocycles. The molecule has 0 aromatic heterocycles. The van der Waals surface area contributed by atoms with Crippen molar-refractivity contribution in [3.8, 4) is 5.75 Å². The maximum absolute atomic E-state index is 11.4. The fraction of sp³-hybridized carbons (Fsp3) is 0. The van der Waals surface area contributed by atoms with Gasteiger partial charge in [-0.25, -0.2) is 0 Å². The molecule has 7 heteroatoms. The Balaban J connectivity index is 2.46. The summed E-state index contributed by atoms with van der Waals surface area (Å²) in [4.78, 5) is 11.4. The summed E-state index contributed by atoms with van der Waals surface area (Å²) < 4.78 is 1.33. The van der Waals surface area contributed by atoms with Gasteiger partial charge in [-0.15, -0.1) is 0 Å². The molecule has 0 atom stereocenters. The van der Waals surface area contributed by atoms with Gasteiger partial charge in [0.1, 0.15) is 11.4 Å². The molecule has 1 fully saturated rings. The van der Waals surface area contributed by atoms with E-state index in [0.717, 1.165) is 4.47 Å². The number of rotatable bonds is 1. The maximum Gasteiger partial charge on any atom is 0.273 e. The first-order valence-corrected chi connectivity index (χ1v) is 6.49. The van der Waals surface area contributed by atoms with E-state index in [0.29, 0.717) is 15.7 Å². The van der Waals surface area contributed by atoms with E-state index in [1.807, 2.05) is 0 Å². The minimum atomic E-state index is -0.314. The Labute approximate surface area is 119 Å².